The van der Waals surface area contributed by atoms with E-state index in [2.05, 4.69) is 92.8 Å². The minimum Gasteiger partial charge on any atom is -0.537 e. The Kier molecular flexibility index (Phi) is 29.9. The van der Waals surface area contributed by atoms with Crippen LogP contribution in [0.25, 0.3) is 0 Å². The van der Waals surface area contributed by atoms with Gasteiger partial charge in [0.1, 0.15) is 17.4 Å². The average molecular weight is 1480 g/mol. The number of amides is 3. The predicted octanol–water partition coefficient (Wildman–Crippen LogP) is 6.98. The van der Waals surface area contributed by atoms with Gasteiger partial charge in [-0.15, -0.1) is 0 Å². The summed E-state index contributed by atoms with van der Waals surface area (Å²) in [5.74, 6) is -3.13. The Bertz CT molecular complexity index is 3690. The molecule has 25 nitrogen and oxygen atoms in total. The highest BCUT2D eigenvalue weighted by atomic mass is 79.9. The second-order valence-electron chi connectivity index (χ2n) is 25.3. The first kappa shape index (κ1) is 80.6. The fourth-order valence-corrected chi connectivity index (χ4v) is 26.4. The number of halogens is 3. The summed E-state index contributed by atoms with van der Waals surface area (Å²) in [4.78, 5) is 87.2. The van der Waals surface area contributed by atoms with Gasteiger partial charge in [0.15, 0.2) is 16.1 Å². The number of nitrogens with zero attached hydrogens (tertiary/aromatic N) is 6. The third-order valence-electron chi connectivity index (χ3n) is 17.0. The summed E-state index contributed by atoms with van der Waals surface area (Å²) >= 11 is 3.26. The van der Waals surface area contributed by atoms with Crippen molar-refractivity contribution in [1.82, 2.24) is 49.4 Å². The number of rotatable bonds is 18. The topological polar surface area (TPSA) is 326 Å². The molecule has 5 N–H and O–H groups in total. The molecule has 7 rings (SSSR count). The van der Waals surface area contributed by atoms with Crippen molar-refractivity contribution in [2.45, 2.75) is 156 Å². The summed E-state index contributed by atoms with van der Waals surface area (Å²) in [6.07, 6.45) is 0.429. The number of carbonyl (C=O) groups excluding carboxylic acids is 4. The molecule has 33 heteroatoms. The second kappa shape index (κ2) is 34.9. The Morgan fingerprint density at radius 2 is 1.01 bits per heavy atom. The summed E-state index contributed by atoms with van der Waals surface area (Å²) < 4.78 is 118. The van der Waals surface area contributed by atoms with E-state index < -0.39 is 81.4 Å². The van der Waals surface area contributed by atoms with Crippen LogP contribution in [0.5, 0.6) is 11.5 Å². The zero-order valence-corrected chi connectivity index (χ0v) is 62.9. The molecule has 4 aromatic rings. The standard InChI is InChI=1S/C29H43FN4O6SSi.C22H31BrFN3O3Si.C6H12N2O3S.C4H10N2O2S/c1-18(2)42(19(3)4,20(5)6)40-26-25(27(36)31-17-22-9-11-24(30)12-10-22)32-29(33(8)28(26)37)34-15-13-23(21(7)35)14-16-41(34,38)39;1-13(2)31(14(3)4,15(5)6)30-19-18(26-22(23)27(7)21(19)29)20(28)25-12-16-8-10-17(24)11-9-16;1-6(9)8-3-2-7-12(10,11)5-4-8;7-9(8)4-3-5-1-2-6-9/h9-12,18-20,23H,13-17H2,1-8H3,(H,31,36);8-11,13-15H,12H2,1-7H3,(H,25,28);7H,2-5H2,1H3;5-6H,1-4H2. The van der Waals surface area contributed by atoms with E-state index in [4.69, 9.17) is 8.85 Å². The smallest absolute Gasteiger partial charge is 0.296 e. The molecular formula is C61H96BrF2N11O14S3Si2. The van der Waals surface area contributed by atoms with E-state index in [1.54, 1.807) is 19.2 Å². The third kappa shape index (κ3) is 21.3. The van der Waals surface area contributed by atoms with Crippen LogP contribution in [-0.2, 0) is 66.8 Å². The third-order valence-corrected chi connectivity index (χ3v) is 34.2. The van der Waals surface area contributed by atoms with Crippen LogP contribution in [0.4, 0.5) is 14.7 Å². The number of nitrogens with one attached hydrogen (secondary N) is 5. The fraction of sp³-hybridized carbons (Fsp3) is 0.607. The van der Waals surface area contributed by atoms with Gasteiger partial charge in [-0.2, -0.15) is 0 Å². The molecule has 3 aliphatic heterocycles. The maximum Gasteiger partial charge on any atom is 0.296 e. The lowest BCUT2D eigenvalue weighted by molar-refractivity contribution is -0.128. The Labute approximate surface area is 563 Å². The van der Waals surface area contributed by atoms with Crippen molar-refractivity contribution in [3.63, 3.8) is 0 Å². The molecule has 3 fully saturated rings. The highest BCUT2D eigenvalue weighted by Gasteiger charge is 2.50. The van der Waals surface area contributed by atoms with Gasteiger partial charge in [-0.05, 0) is 104 Å². The molecule has 3 aliphatic rings. The number of benzene rings is 2. The van der Waals surface area contributed by atoms with Crippen LogP contribution < -0.4 is 49.7 Å². The van der Waals surface area contributed by atoms with Gasteiger partial charge in [-0.3, -0.25) is 37.9 Å². The van der Waals surface area contributed by atoms with Gasteiger partial charge in [0.2, 0.25) is 53.4 Å². The lowest BCUT2D eigenvalue weighted by Crippen LogP contribution is -2.52. The summed E-state index contributed by atoms with van der Waals surface area (Å²) in [5.41, 5.74) is 0.799. The number of carbonyl (C=O) groups is 4. The zero-order valence-electron chi connectivity index (χ0n) is 56.8. The molecular weight excluding hydrogens is 1380 g/mol. The van der Waals surface area contributed by atoms with Gasteiger partial charge >= 0.3 is 0 Å². The molecule has 3 amide bonds. The van der Waals surface area contributed by atoms with E-state index >= 15 is 0 Å². The van der Waals surface area contributed by atoms with Crippen LogP contribution in [-0.4, -0.2) is 152 Å². The van der Waals surface area contributed by atoms with Gasteiger partial charge in [-0.1, -0.05) is 107 Å². The molecule has 2 aromatic heterocycles. The number of anilines is 1. The molecule has 0 saturated carbocycles. The predicted molar refractivity (Wildman–Crippen MR) is 368 cm³/mol. The maximum absolute atomic E-state index is 14.0. The number of aromatic nitrogens is 4. The number of ketones is 1. The molecule has 3 saturated heterocycles. The number of Topliss-reactive ketones (excluding diaryl/α,β-unsaturated/α-hetero) is 1. The van der Waals surface area contributed by atoms with Crippen LogP contribution in [0.2, 0.25) is 33.2 Å². The van der Waals surface area contributed by atoms with Gasteiger partial charge in [0, 0.05) is 85.8 Å². The molecule has 94 heavy (non-hydrogen) atoms. The lowest BCUT2D eigenvalue weighted by atomic mass is 9.98. The van der Waals surface area contributed by atoms with Gasteiger partial charge in [-0.25, -0.2) is 57.8 Å². The zero-order chi connectivity index (χ0) is 71.0. The molecule has 5 heterocycles. The average Bonchev–Trinajstić information content (AvgIpc) is 0.875. The minimum atomic E-state index is -3.95. The lowest BCUT2D eigenvalue weighted by Gasteiger charge is -2.42. The number of hydrogen-bond donors (Lipinski definition) is 5. The SMILES string of the molecule is CC(=O)C1CCN(c2nc(C(=O)NCc3ccc(F)cc3)c(O[Si](C(C)C)(C(C)C)C(C)C)c(=O)n2C)S(=O)(=O)CC1.CC(=O)N1CCNS(=O)(=O)CC1.CC(C)[Si](Oc1c(C(=O)NCc2ccc(F)cc2)nc(Br)n(C)c1=O)(C(C)C)C(C)C.O=S1(=O)CCNCCN1. The minimum absolute atomic E-state index is 0.00653. The van der Waals surface area contributed by atoms with Crippen molar-refractivity contribution >= 4 is 92.1 Å². The van der Waals surface area contributed by atoms with Crippen LogP contribution in [0, 0.1) is 17.6 Å². The van der Waals surface area contributed by atoms with Crippen molar-refractivity contribution in [3.05, 3.63) is 108 Å². The van der Waals surface area contributed by atoms with Gasteiger partial charge < -0.3 is 29.7 Å². The molecule has 0 bridgehead atoms. The number of hydrogen-bond acceptors (Lipinski definition) is 17. The Morgan fingerprint density at radius 1 is 0.585 bits per heavy atom. The Balaban J connectivity index is 0.000000312. The van der Waals surface area contributed by atoms with Crippen molar-refractivity contribution < 1.29 is 62.1 Å². The largest absolute Gasteiger partial charge is 0.537 e. The van der Waals surface area contributed by atoms with Crippen molar-refractivity contribution in [3.8, 4) is 11.5 Å². The summed E-state index contributed by atoms with van der Waals surface area (Å²) in [6, 6.07) is 11.4. The first-order chi connectivity index (χ1) is 43.7. The molecule has 1 unspecified atom stereocenters. The van der Waals surface area contributed by atoms with E-state index in [1.165, 1.54) is 66.8 Å². The highest BCUT2D eigenvalue weighted by molar-refractivity contribution is 9.10. The van der Waals surface area contributed by atoms with E-state index in [-0.39, 0.29) is 134 Å². The molecule has 0 aliphatic carbocycles. The summed E-state index contributed by atoms with van der Waals surface area (Å²) in [5, 5.41) is 8.46. The van der Waals surface area contributed by atoms with Gasteiger partial charge in [0.25, 0.3) is 39.6 Å². The summed E-state index contributed by atoms with van der Waals surface area (Å²) in [6.45, 7) is 30.8. The monoisotopic (exact) mass is 1480 g/mol. The van der Waals surface area contributed by atoms with Crippen LogP contribution >= 0.6 is 15.9 Å². The van der Waals surface area contributed by atoms with E-state index in [1.807, 2.05) is 41.5 Å². The van der Waals surface area contributed by atoms with Crippen molar-refractivity contribution in [2.75, 3.05) is 67.4 Å². The van der Waals surface area contributed by atoms with Crippen molar-refractivity contribution in [2.24, 2.45) is 20.0 Å². The maximum atomic E-state index is 14.0. The molecule has 1 atom stereocenters. The molecule has 526 valence electrons. The quantitative estimate of drug-likeness (QED) is 0.0495. The Hall–Kier alpha value is -5.82. The van der Waals surface area contributed by atoms with E-state index in [0.29, 0.717) is 38.3 Å². The van der Waals surface area contributed by atoms with E-state index in [9.17, 15) is 62.8 Å². The summed E-state index contributed by atoms with van der Waals surface area (Å²) in [7, 11) is -12.3. The van der Waals surface area contributed by atoms with Crippen LogP contribution in [0.3, 0.4) is 0 Å². The Morgan fingerprint density at radius 3 is 1.45 bits per heavy atom. The second-order valence-corrected chi connectivity index (χ2v) is 42.6. The highest BCUT2D eigenvalue weighted by Crippen LogP contribution is 2.44. The van der Waals surface area contributed by atoms with Crippen LogP contribution in [0.15, 0.2) is 62.9 Å². The normalized spacial score (nSPS) is 17.3. The molecule has 0 spiro atoms. The van der Waals surface area contributed by atoms with Gasteiger partial charge in [0.05, 0.1) is 17.3 Å². The fourth-order valence-electron chi connectivity index (χ4n) is 12.0. The number of sulfonamides is 3. The first-order valence-corrected chi connectivity index (χ1v) is 41.4. The van der Waals surface area contributed by atoms with Crippen molar-refractivity contribution in [1.29, 1.82) is 0 Å². The first-order valence-electron chi connectivity index (χ1n) is 31.4. The van der Waals surface area contributed by atoms with Crippen LogP contribution in [0.1, 0.15) is 142 Å². The van der Waals surface area contributed by atoms with E-state index in [0.717, 1.165) is 21.0 Å². The molecule has 0 radical (unpaired) electrons. The molecule has 2 aromatic carbocycles.